The maximum absolute atomic E-state index is 11.6. The van der Waals surface area contributed by atoms with E-state index in [2.05, 4.69) is 31.1 Å². The average Bonchev–Trinajstić information content (AvgIpc) is 2.14. The van der Waals surface area contributed by atoms with Gasteiger partial charge in [-0.15, -0.1) is 0 Å². The topological polar surface area (TPSA) is 42.0 Å². The van der Waals surface area contributed by atoms with Gasteiger partial charge in [-0.25, -0.2) is 4.98 Å². The molecule has 1 rings (SSSR count). The molecule has 0 aromatic carbocycles. The van der Waals surface area contributed by atoms with Gasteiger partial charge in [-0.2, -0.15) is 0 Å². The summed E-state index contributed by atoms with van der Waals surface area (Å²) in [6.07, 6.45) is 1.47. The Labute approximate surface area is 94.9 Å². The van der Waals surface area contributed by atoms with Gasteiger partial charge in [0.15, 0.2) is 0 Å². The van der Waals surface area contributed by atoms with Gasteiger partial charge in [0.25, 0.3) is 5.91 Å². The minimum atomic E-state index is -0.117. The Hall–Kier alpha value is -1.09. The highest BCUT2D eigenvalue weighted by Crippen LogP contribution is 2.11. The van der Waals surface area contributed by atoms with Crippen LogP contribution in [0.5, 0.6) is 0 Å². The number of pyridine rings is 1. The molecular weight excluding hydrogens is 212 g/mol. The molecule has 0 saturated heterocycles. The third-order valence-corrected chi connectivity index (χ3v) is 1.99. The van der Waals surface area contributed by atoms with Crippen molar-refractivity contribution >= 4 is 17.5 Å². The lowest BCUT2D eigenvalue weighted by molar-refractivity contribution is 0.0939. The number of halogens is 1. The summed E-state index contributed by atoms with van der Waals surface area (Å²) in [5, 5.41) is 3.23. The van der Waals surface area contributed by atoms with Gasteiger partial charge in [0.2, 0.25) is 0 Å². The van der Waals surface area contributed by atoms with Crippen LogP contribution >= 0.6 is 11.6 Å². The Kier molecular flexibility index (Phi) is 3.69. The number of aromatic nitrogens is 1. The maximum atomic E-state index is 11.6. The molecule has 1 heterocycles. The van der Waals surface area contributed by atoms with Gasteiger partial charge in [0, 0.05) is 12.7 Å². The molecule has 0 saturated carbocycles. The normalized spacial score (nSPS) is 11.2. The van der Waals surface area contributed by atoms with Gasteiger partial charge < -0.3 is 5.32 Å². The van der Waals surface area contributed by atoms with E-state index < -0.39 is 0 Å². The number of rotatable bonds is 2. The summed E-state index contributed by atoms with van der Waals surface area (Å²) < 4.78 is 0. The fraction of sp³-hybridized carbons (Fsp3) is 0.455. The van der Waals surface area contributed by atoms with Crippen LogP contribution in [-0.2, 0) is 0 Å². The van der Waals surface area contributed by atoms with Crippen LogP contribution in [0, 0.1) is 5.41 Å². The first-order valence-electron chi connectivity index (χ1n) is 4.78. The highest BCUT2D eigenvalue weighted by molar-refractivity contribution is 6.29. The second-order valence-electron chi connectivity index (χ2n) is 4.61. The number of carbonyl (C=O) groups excluding carboxylic acids is 1. The van der Waals surface area contributed by atoms with Gasteiger partial charge in [0.1, 0.15) is 5.15 Å². The molecule has 0 aliphatic heterocycles. The molecule has 0 fully saturated rings. The van der Waals surface area contributed by atoms with Crippen molar-refractivity contribution in [3.05, 3.63) is 29.0 Å². The highest BCUT2D eigenvalue weighted by Gasteiger charge is 2.12. The highest BCUT2D eigenvalue weighted by atomic mass is 35.5. The molecule has 3 nitrogen and oxygen atoms in total. The first-order chi connectivity index (χ1) is 6.88. The Morgan fingerprint density at radius 2 is 2.13 bits per heavy atom. The summed E-state index contributed by atoms with van der Waals surface area (Å²) in [6.45, 7) is 6.82. The van der Waals surface area contributed by atoms with Crippen LogP contribution in [0.15, 0.2) is 18.3 Å². The molecule has 0 spiro atoms. The maximum Gasteiger partial charge on any atom is 0.252 e. The van der Waals surface area contributed by atoms with E-state index in [0.29, 0.717) is 17.3 Å². The Morgan fingerprint density at radius 1 is 1.47 bits per heavy atom. The van der Waals surface area contributed by atoms with E-state index in [-0.39, 0.29) is 11.3 Å². The molecule has 1 amide bonds. The van der Waals surface area contributed by atoms with Gasteiger partial charge in [-0.1, -0.05) is 32.4 Å². The second kappa shape index (κ2) is 4.62. The van der Waals surface area contributed by atoms with Crippen LogP contribution in [0.25, 0.3) is 0 Å². The van der Waals surface area contributed by atoms with E-state index in [9.17, 15) is 4.79 Å². The third-order valence-electron chi connectivity index (χ3n) is 1.77. The smallest absolute Gasteiger partial charge is 0.252 e. The number of carbonyl (C=O) groups is 1. The minimum Gasteiger partial charge on any atom is -0.351 e. The van der Waals surface area contributed by atoms with Crippen molar-refractivity contribution < 1.29 is 4.79 Å². The number of nitrogens with zero attached hydrogens (tertiary/aromatic N) is 1. The van der Waals surface area contributed by atoms with Crippen LogP contribution in [0.2, 0.25) is 5.15 Å². The van der Waals surface area contributed by atoms with Crippen LogP contribution in [0.3, 0.4) is 0 Å². The number of hydrogen-bond donors (Lipinski definition) is 1. The summed E-state index contributed by atoms with van der Waals surface area (Å²) in [5.74, 6) is -0.117. The van der Waals surface area contributed by atoms with Crippen molar-refractivity contribution in [1.29, 1.82) is 0 Å². The van der Waals surface area contributed by atoms with E-state index in [4.69, 9.17) is 11.6 Å². The summed E-state index contributed by atoms with van der Waals surface area (Å²) in [7, 11) is 0. The van der Waals surface area contributed by atoms with Crippen LogP contribution < -0.4 is 5.32 Å². The quantitative estimate of drug-likeness (QED) is 0.788. The van der Waals surface area contributed by atoms with Crippen LogP contribution in [0.1, 0.15) is 31.1 Å². The second-order valence-corrected chi connectivity index (χ2v) is 5.00. The van der Waals surface area contributed by atoms with Crippen molar-refractivity contribution in [3.63, 3.8) is 0 Å². The summed E-state index contributed by atoms with van der Waals surface area (Å²) in [4.78, 5) is 15.5. The summed E-state index contributed by atoms with van der Waals surface area (Å²) in [5.41, 5.74) is 0.610. The van der Waals surface area contributed by atoms with Crippen molar-refractivity contribution in [2.45, 2.75) is 20.8 Å². The monoisotopic (exact) mass is 226 g/mol. The lowest BCUT2D eigenvalue weighted by Crippen LogP contribution is -2.32. The van der Waals surface area contributed by atoms with Crippen molar-refractivity contribution in [2.75, 3.05) is 6.54 Å². The molecule has 1 aromatic rings. The lowest BCUT2D eigenvalue weighted by Gasteiger charge is -2.18. The van der Waals surface area contributed by atoms with E-state index in [1.807, 2.05) is 0 Å². The fourth-order valence-electron chi connectivity index (χ4n) is 0.958. The molecular formula is C11H15ClN2O. The Balaban J connectivity index is 2.58. The molecule has 82 valence electrons. The summed E-state index contributed by atoms with van der Waals surface area (Å²) in [6, 6.07) is 3.26. The standard InChI is InChI=1S/C11H15ClN2O/c1-11(2,3)7-14-10(15)8-4-5-9(12)13-6-8/h4-6H,7H2,1-3H3,(H,14,15). The molecule has 1 N–H and O–H groups in total. The van der Waals surface area contributed by atoms with Crippen molar-refractivity contribution in [2.24, 2.45) is 5.41 Å². The van der Waals surface area contributed by atoms with E-state index in [1.165, 1.54) is 6.20 Å². The third kappa shape index (κ3) is 4.30. The Morgan fingerprint density at radius 3 is 2.60 bits per heavy atom. The predicted molar refractivity (Wildman–Crippen MR) is 61.0 cm³/mol. The zero-order chi connectivity index (χ0) is 11.5. The number of hydrogen-bond acceptors (Lipinski definition) is 2. The molecule has 0 atom stereocenters. The molecule has 0 aliphatic carbocycles. The SMILES string of the molecule is CC(C)(C)CNC(=O)c1ccc(Cl)nc1. The van der Waals surface area contributed by atoms with Crippen molar-refractivity contribution in [3.8, 4) is 0 Å². The molecule has 1 aromatic heterocycles. The van der Waals surface area contributed by atoms with E-state index in [0.717, 1.165) is 0 Å². The fourth-order valence-corrected chi connectivity index (χ4v) is 1.07. The van der Waals surface area contributed by atoms with Crippen LogP contribution in [0.4, 0.5) is 0 Å². The van der Waals surface area contributed by atoms with E-state index >= 15 is 0 Å². The van der Waals surface area contributed by atoms with Gasteiger partial charge >= 0.3 is 0 Å². The molecule has 15 heavy (non-hydrogen) atoms. The largest absolute Gasteiger partial charge is 0.351 e. The van der Waals surface area contributed by atoms with Gasteiger partial charge in [-0.3, -0.25) is 4.79 Å². The predicted octanol–water partition coefficient (Wildman–Crippen LogP) is 2.51. The lowest BCUT2D eigenvalue weighted by atomic mass is 9.97. The van der Waals surface area contributed by atoms with Crippen LogP contribution in [-0.4, -0.2) is 17.4 Å². The van der Waals surface area contributed by atoms with Gasteiger partial charge in [0.05, 0.1) is 5.56 Å². The summed E-state index contributed by atoms with van der Waals surface area (Å²) >= 11 is 5.62. The first kappa shape index (κ1) is 12.0. The zero-order valence-corrected chi connectivity index (χ0v) is 9.93. The minimum absolute atomic E-state index is 0.0789. The number of nitrogens with one attached hydrogen (secondary N) is 1. The van der Waals surface area contributed by atoms with Crippen molar-refractivity contribution in [1.82, 2.24) is 10.3 Å². The van der Waals surface area contributed by atoms with E-state index in [1.54, 1.807) is 12.1 Å². The first-order valence-corrected chi connectivity index (χ1v) is 5.16. The zero-order valence-electron chi connectivity index (χ0n) is 9.17. The molecule has 0 unspecified atom stereocenters. The molecule has 4 heteroatoms. The molecule has 0 radical (unpaired) electrons. The molecule has 0 aliphatic rings. The Bertz CT molecular complexity index is 341. The number of amides is 1. The average molecular weight is 227 g/mol. The molecule has 0 bridgehead atoms. The van der Waals surface area contributed by atoms with Gasteiger partial charge in [-0.05, 0) is 17.5 Å².